The van der Waals surface area contributed by atoms with Gasteiger partial charge in [0.2, 0.25) is 15.8 Å². The summed E-state index contributed by atoms with van der Waals surface area (Å²) in [5.41, 5.74) is 4.87. The first-order valence-corrected chi connectivity index (χ1v) is 7.68. The van der Waals surface area contributed by atoms with Crippen LogP contribution in [0.25, 0.3) is 0 Å². The first-order valence-electron chi connectivity index (χ1n) is 6.24. The summed E-state index contributed by atoms with van der Waals surface area (Å²) in [6.45, 7) is 4.44. The predicted octanol–water partition coefficient (Wildman–Crippen LogP) is 1.38. The van der Waals surface area contributed by atoms with Crippen molar-refractivity contribution in [3.63, 3.8) is 0 Å². The van der Waals surface area contributed by atoms with E-state index in [2.05, 4.69) is 4.98 Å². The highest BCUT2D eigenvalue weighted by molar-refractivity contribution is 7.89. The molecule has 0 atom stereocenters. The highest BCUT2D eigenvalue weighted by Gasteiger charge is 2.26. The molecule has 1 aromatic heterocycles. The maximum atomic E-state index is 12.4. The quantitative estimate of drug-likeness (QED) is 0.600. The molecule has 0 aliphatic heterocycles. The zero-order chi connectivity index (χ0) is 15.3. The van der Waals surface area contributed by atoms with Gasteiger partial charge in [0.25, 0.3) is 0 Å². The molecule has 0 bridgehead atoms. The summed E-state index contributed by atoms with van der Waals surface area (Å²) in [7, 11) is -3.79. The summed E-state index contributed by atoms with van der Waals surface area (Å²) in [5, 5.41) is 10.8. The Balaban J connectivity index is 3.26. The van der Waals surface area contributed by atoms with E-state index in [0.29, 0.717) is 25.9 Å². The highest BCUT2D eigenvalue weighted by atomic mass is 32.2. The third-order valence-electron chi connectivity index (χ3n) is 2.65. The summed E-state index contributed by atoms with van der Waals surface area (Å²) in [6, 6.07) is 0.954. The number of nitro groups is 1. The van der Waals surface area contributed by atoms with Crippen LogP contribution in [0.15, 0.2) is 17.2 Å². The van der Waals surface area contributed by atoms with Crippen LogP contribution in [-0.4, -0.2) is 35.7 Å². The monoisotopic (exact) mass is 302 g/mol. The largest absolute Gasteiger partial charge is 0.378 e. The molecule has 112 valence electrons. The van der Waals surface area contributed by atoms with E-state index >= 15 is 0 Å². The molecular formula is C11H18N4O4S. The number of aromatic nitrogens is 1. The molecule has 0 radical (unpaired) electrons. The lowest BCUT2D eigenvalue weighted by Crippen LogP contribution is -2.32. The first kappa shape index (κ1) is 16.3. The van der Waals surface area contributed by atoms with Gasteiger partial charge in [-0.3, -0.25) is 10.1 Å². The standard InChI is InChI=1S/C11H18N4O4S/c1-3-5-14(6-4-2)20(18,19)9-7-10(15(16)17)11(12)13-8-9/h7-8H,3-6H2,1-2H3,(H2,12,13). The Morgan fingerprint density at radius 1 is 1.35 bits per heavy atom. The molecule has 2 N–H and O–H groups in total. The second kappa shape index (κ2) is 6.62. The number of rotatable bonds is 7. The molecule has 0 amide bonds. The van der Waals surface area contributed by atoms with E-state index < -0.39 is 20.6 Å². The molecule has 0 fully saturated rings. The maximum absolute atomic E-state index is 12.4. The van der Waals surface area contributed by atoms with Gasteiger partial charge in [-0.15, -0.1) is 0 Å². The number of nitrogen functional groups attached to an aromatic ring is 1. The van der Waals surface area contributed by atoms with Crippen molar-refractivity contribution < 1.29 is 13.3 Å². The third kappa shape index (κ3) is 3.42. The Morgan fingerprint density at radius 2 is 1.90 bits per heavy atom. The summed E-state index contributed by atoms with van der Waals surface area (Å²) in [6.07, 6.45) is 2.36. The maximum Gasteiger partial charge on any atom is 0.312 e. The van der Waals surface area contributed by atoms with Crippen molar-refractivity contribution in [1.82, 2.24) is 9.29 Å². The minimum absolute atomic E-state index is 0.208. The lowest BCUT2D eigenvalue weighted by molar-refractivity contribution is -0.384. The van der Waals surface area contributed by atoms with Crippen molar-refractivity contribution >= 4 is 21.5 Å². The molecule has 20 heavy (non-hydrogen) atoms. The molecule has 0 aliphatic carbocycles. The summed E-state index contributed by atoms with van der Waals surface area (Å²) >= 11 is 0. The van der Waals surface area contributed by atoms with E-state index in [1.165, 1.54) is 4.31 Å². The fourth-order valence-electron chi connectivity index (χ4n) is 1.73. The van der Waals surface area contributed by atoms with Crippen molar-refractivity contribution in [3.05, 3.63) is 22.4 Å². The average molecular weight is 302 g/mol. The molecule has 0 aromatic carbocycles. The van der Waals surface area contributed by atoms with Crippen LogP contribution in [0.3, 0.4) is 0 Å². The molecule has 1 rings (SSSR count). The topological polar surface area (TPSA) is 119 Å². The minimum atomic E-state index is -3.79. The van der Waals surface area contributed by atoms with Gasteiger partial charge in [0.05, 0.1) is 4.92 Å². The van der Waals surface area contributed by atoms with Gasteiger partial charge in [-0.1, -0.05) is 13.8 Å². The van der Waals surface area contributed by atoms with Crippen LogP contribution in [0.2, 0.25) is 0 Å². The average Bonchev–Trinajstić information content (AvgIpc) is 2.38. The molecular weight excluding hydrogens is 284 g/mol. The van der Waals surface area contributed by atoms with Crippen molar-refractivity contribution in [3.8, 4) is 0 Å². The van der Waals surface area contributed by atoms with E-state index in [1.807, 2.05) is 13.8 Å². The molecule has 0 saturated heterocycles. The van der Waals surface area contributed by atoms with Gasteiger partial charge in [0.1, 0.15) is 4.90 Å². The number of hydrogen-bond donors (Lipinski definition) is 1. The first-order chi connectivity index (χ1) is 9.34. The van der Waals surface area contributed by atoms with Gasteiger partial charge in [-0.25, -0.2) is 13.4 Å². The Morgan fingerprint density at radius 3 is 2.35 bits per heavy atom. The van der Waals surface area contributed by atoms with Crippen LogP contribution >= 0.6 is 0 Å². The number of hydrogen-bond acceptors (Lipinski definition) is 6. The Hall–Kier alpha value is -1.74. The Kier molecular flexibility index (Phi) is 5.40. The molecule has 1 aromatic rings. The smallest absolute Gasteiger partial charge is 0.312 e. The van der Waals surface area contributed by atoms with Gasteiger partial charge in [0.15, 0.2) is 0 Å². The van der Waals surface area contributed by atoms with Crippen molar-refractivity contribution in [2.75, 3.05) is 18.8 Å². The lowest BCUT2D eigenvalue weighted by atomic mass is 10.4. The van der Waals surface area contributed by atoms with Crippen LogP contribution in [-0.2, 0) is 10.0 Å². The molecule has 0 aliphatic rings. The second-order valence-electron chi connectivity index (χ2n) is 4.24. The van der Waals surface area contributed by atoms with E-state index in [4.69, 9.17) is 5.73 Å². The third-order valence-corrected chi connectivity index (χ3v) is 4.52. The highest BCUT2D eigenvalue weighted by Crippen LogP contribution is 2.24. The fourth-order valence-corrected chi connectivity index (χ4v) is 3.32. The minimum Gasteiger partial charge on any atom is -0.378 e. The number of nitrogens with two attached hydrogens (primary N) is 1. The number of sulfonamides is 1. The van der Waals surface area contributed by atoms with Crippen LogP contribution in [0.4, 0.5) is 11.5 Å². The van der Waals surface area contributed by atoms with Crippen LogP contribution in [0.5, 0.6) is 0 Å². The lowest BCUT2D eigenvalue weighted by Gasteiger charge is -2.20. The molecule has 0 spiro atoms. The van der Waals surface area contributed by atoms with E-state index in [0.717, 1.165) is 12.3 Å². The summed E-state index contributed by atoms with van der Waals surface area (Å²) < 4.78 is 26.1. The molecule has 9 heteroatoms. The zero-order valence-corrected chi connectivity index (χ0v) is 12.3. The normalized spacial score (nSPS) is 11.8. The zero-order valence-electron chi connectivity index (χ0n) is 11.4. The van der Waals surface area contributed by atoms with Crippen molar-refractivity contribution in [1.29, 1.82) is 0 Å². The number of pyridine rings is 1. The Labute approximate surface area is 117 Å². The van der Waals surface area contributed by atoms with Gasteiger partial charge < -0.3 is 5.73 Å². The van der Waals surface area contributed by atoms with Crippen molar-refractivity contribution in [2.45, 2.75) is 31.6 Å². The number of anilines is 1. The summed E-state index contributed by atoms with van der Waals surface area (Å²) in [4.78, 5) is 13.4. The van der Waals surface area contributed by atoms with E-state index in [-0.39, 0.29) is 10.7 Å². The molecule has 1 heterocycles. The van der Waals surface area contributed by atoms with Gasteiger partial charge in [-0.2, -0.15) is 4.31 Å². The van der Waals surface area contributed by atoms with Gasteiger partial charge in [-0.05, 0) is 12.8 Å². The van der Waals surface area contributed by atoms with Gasteiger partial charge in [0, 0.05) is 25.4 Å². The molecule has 0 saturated carbocycles. The summed E-state index contributed by atoms with van der Waals surface area (Å²) in [5.74, 6) is -0.300. The van der Waals surface area contributed by atoms with Crippen molar-refractivity contribution in [2.24, 2.45) is 0 Å². The SMILES string of the molecule is CCCN(CCC)S(=O)(=O)c1cnc(N)c([N+](=O)[O-])c1. The number of nitrogens with zero attached hydrogens (tertiary/aromatic N) is 3. The second-order valence-corrected chi connectivity index (χ2v) is 6.17. The molecule has 8 nitrogen and oxygen atoms in total. The van der Waals surface area contributed by atoms with Crippen LogP contribution in [0.1, 0.15) is 26.7 Å². The fraction of sp³-hybridized carbons (Fsp3) is 0.545. The van der Waals surface area contributed by atoms with E-state index in [1.54, 1.807) is 0 Å². The molecule has 0 unspecified atom stereocenters. The van der Waals surface area contributed by atoms with Gasteiger partial charge >= 0.3 is 5.69 Å². The van der Waals surface area contributed by atoms with E-state index in [9.17, 15) is 18.5 Å². The Bertz CT molecular complexity index is 582. The van der Waals surface area contributed by atoms with Crippen LogP contribution < -0.4 is 5.73 Å². The van der Waals surface area contributed by atoms with Crippen LogP contribution in [0, 0.1) is 10.1 Å². The predicted molar refractivity (Wildman–Crippen MR) is 74.6 cm³/mol.